The Morgan fingerprint density at radius 3 is 2.27 bits per heavy atom. The van der Waals surface area contributed by atoms with Crippen LogP contribution < -0.4 is 16.0 Å². The fourth-order valence-electron chi connectivity index (χ4n) is 5.14. The Morgan fingerprint density at radius 1 is 0.867 bits per heavy atom. The first-order valence-corrected chi connectivity index (χ1v) is 15.0. The molecule has 3 amide bonds. The van der Waals surface area contributed by atoms with Crippen molar-refractivity contribution >= 4 is 28.7 Å². The standard InChI is InChI=1S/C34H41N5O6/c1-22(2)15-28(31(41)19-40)37-33(43)30(17-26-18-35-21-36-26)38-32(42)29(39-34(44)45-20-23-9-4-3-5-10-23)16-25-13-8-12-24-11-6-7-14-27(24)25/h3-14,18,21-22,28-31,40-41H,15-17,19-20H2,1-2H3,(H,35,36)(H,37,43)(H,38,42)(H,39,44)/t28-,29-,30-,31-/m0/s1. The first kappa shape index (κ1) is 33.2. The molecule has 0 fully saturated rings. The van der Waals surface area contributed by atoms with E-state index in [-0.39, 0.29) is 25.4 Å². The number of alkyl carbamates (subject to hydrolysis) is 1. The monoisotopic (exact) mass is 615 g/mol. The van der Waals surface area contributed by atoms with Gasteiger partial charge in [-0.05, 0) is 34.2 Å². The third-order valence-corrected chi connectivity index (χ3v) is 7.44. The second-order valence-electron chi connectivity index (χ2n) is 11.4. The average molecular weight is 616 g/mol. The van der Waals surface area contributed by atoms with E-state index in [1.54, 1.807) is 6.20 Å². The van der Waals surface area contributed by atoms with E-state index in [1.165, 1.54) is 6.33 Å². The minimum absolute atomic E-state index is 0.0184. The van der Waals surface area contributed by atoms with Crippen molar-refractivity contribution in [3.63, 3.8) is 0 Å². The molecule has 0 radical (unpaired) electrons. The number of carbonyl (C=O) groups excluding carboxylic acids is 3. The quantitative estimate of drug-likeness (QED) is 0.120. The number of imidazole rings is 1. The number of hydrogen-bond acceptors (Lipinski definition) is 7. The fraction of sp³-hybridized carbons (Fsp3) is 0.353. The van der Waals surface area contributed by atoms with Gasteiger partial charge < -0.3 is 35.9 Å². The molecule has 0 spiro atoms. The summed E-state index contributed by atoms with van der Waals surface area (Å²) >= 11 is 0. The molecule has 0 unspecified atom stereocenters. The molecule has 0 aliphatic rings. The van der Waals surface area contributed by atoms with Gasteiger partial charge in [-0.3, -0.25) is 9.59 Å². The van der Waals surface area contributed by atoms with Gasteiger partial charge >= 0.3 is 6.09 Å². The number of aliphatic hydroxyl groups excluding tert-OH is 2. The average Bonchev–Trinajstić information content (AvgIpc) is 3.56. The molecule has 0 aliphatic carbocycles. The van der Waals surface area contributed by atoms with Crippen molar-refractivity contribution in [2.75, 3.05) is 6.61 Å². The molecule has 4 aromatic rings. The molecule has 3 aromatic carbocycles. The van der Waals surface area contributed by atoms with Gasteiger partial charge in [0.05, 0.1) is 25.1 Å². The Morgan fingerprint density at radius 2 is 1.56 bits per heavy atom. The first-order valence-electron chi connectivity index (χ1n) is 15.0. The summed E-state index contributed by atoms with van der Waals surface area (Å²) in [4.78, 5) is 47.4. The number of amides is 3. The van der Waals surface area contributed by atoms with Gasteiger partial charge in [0.25, 0.3) is 0 Å². The maximum absolute atomic E-state index is 13.9. The number of nitrogens with one attached hydrogen (secondary N) is 4. The van der Waals surface area contributed by atoms with Crippen molar-refractivity contribution in [3.05, 3.63) is 102 Å². The number of benzene rings is 3. The van der Waals surface area contributed by atoms with Crippen LogP contribution in [0.2, 0.25) is 0 Å². The molecule has 0 bridgehead atoms. The lowest BCUT2D eigenvalue weighted by Crippen LogP contribution is -2.57. The zero-order valence-corrected chi connectivity index (χ0v) is 25.5. The van der Waals surface area contributed by atoms with Crippen molar-refractivity contribution in [1.82, 2.24) is 25.9 Å². The lowest BCUT2D eigenvalue weighted by atomic mass is 9.97. The Hall–Kier alpha value is -4.74. The third kappa shape index (κ3) is 9.88. The van der Waals surface area contributed by atoms with Crippen LogP contribution in [0.3, 0.4) is 0 Å². The summed E-state index contributed by atoms with van der Waals surface area (Å²) in [6.45, 7) is 3.36. The molecule has 1 heterocycles. The number of fused-ring (bicyclic) bond motifs is 1. The number of H-pyrrole nitrogens is 1. The number of aliphatic hydroxyl groups is 2. The molecule has 0 saturated heterocycles. The lowest BCUT2D eigenvalue weighted by Gasteiger charge is -2.28. The number of aromatic amines is 1. The molecule has 6 N–H and O–H groups in total. The number of nitrogens with zero attached hydrogens (tertiary/aromatic N) is 1. The molecule has 4 atom stereocenters. The van der Waals surface area contributed by atoms with E-state index in [9.17, 15) is 24.6 Å². The third-order valence-electron chi connectivity index (χ3n) is 7.44. The van der Waals surface area contributed by atoms with Crippen molar-refractivity contribution in [1.29, 1.82) is 0 Å². The minimum atomic E-state index is -1.18. The highest BCUT2D eigenvalue weighted by Crippen LogP contribution is 2.20. The zero-order valence-electron chi connectivity index (χ0n) is 25.5. The van der Waals surface area contributed by atoms with E-state index in [1.807, 2.05) is 86.6 Å². The maximum atomic E-state index is 13.9. The Kier molecular flexibility index (Phi) is 12.1. The van der Waals surface area contributed by atoms with Crippen LogP contribution >= 0.6 is 0 Å². The van der Waals surface area contributed by atoms with Gasteiger partial charge in [-0.1, -0.05) is 86.6 Å². The predicted octanol–water partition coefficient (Wildman–Crippen LogP) is 3.01. The normalized spacial score (nSPS) is 13.9. The molecular formula is C34H41N5O6. The first-order chi connectivity index (χ1) is 21.7. The molecule has 11 nitrogen and oxygen atoms in total. The largest absolute Gasteiger partial charge is 0.445 e. The lowest BCUT2D eigenvalue weighted by molar-refractivity contribution is -0.131. The van der Waals surface area contributed by atoms with Gasteiger partial charge in [0.1, 0.15) is 18.7 Å². The fourth-order valence-corrected chi connectivity index (χ4v) is 5.14. The summed E-state index contributed by atoms with van der Waals surface area (Å²) in [7, 11) is 0. The number of hydrogen-bond donors (Lipinski definition) is 6. The second-order valence-corrected chi connectivity index (χ2v) is 11.4. The van der Waals surface area contributed by atoms with E-state index >= 15 is 0 Å². The van der Waals surface area contributed by atoms with Crippen LogP contribution in [0, 0.1) is 5.92 Å². The Balaban J connectivity index is 1.57. The molecule has 0 aliphatic heterocycles. The zero-order chi connectivity index (χ0) is 32.2. The van der Waals surface area contributed by atoms with Crippen LogP contribution in [0.25, 0.3) is 10.8 Å². The summed E-state index contributed by atoms with van der Waals surface area (Å²) in [5, 5.41) is 30.2. The minimum Gasteiger partial charge on any atom is -0.445 e. The van der Waals surface area contributed by atoms with E-state index in [4.69, 9.17) is 4.74 Å². The number of rotatable bonds is 15. The molecule has 1 aromatic heterocycles. The van der Waals surface area contributed by atoms with Gasteiger partial charge in [-0.15, -0.1) is 0 Å². The number of ether oxygens (including phenoxy) is 1. The second kappa shape index (κ2) is 16.4. The van der Waals surface area contributed by atoms with Crippen molar-refractivity contribution < 1.29 is 29.3 Å². The molecular weight excluding hydrogens is 574 g/mol. The SMILES string of the molecule is CC(C)C[C@H](NC(=O)[C@H](Cc1cnc[nH]1)NC(=O)[C@H](Cc1cccc2ccccc12)NC(=O)OCc1ccccc1)[C@@H](O)CO. The van der Waals surface area contributed by atoms with Crippen LogP contribution in [0.1, 0.15) is 37.1 Å². The summed E-state index contributed by atoms with van der Waals surface area (Å²) in [5.74, 6) is -1.03. The molecule has 0 saturated carbocycles. The summed E-state index contributed by atoms with van der Waals surface area (Å²) in [6, 6.07) is 19.8. The summed E-state index contributed by atoms with van der Waals surface area (Å²) < 4.78 is 5.43. The Labute approximate surface area is 262 Å². The van der Waals surface area contributed by atoms with Crippen LogP contribution in [0.5, 0.6) is 0 Å². The van der Waals surface area contributed by atoms with Crippen molar-refractivity contribution in [2.24, 2.45) is 5.92 Å². The van der Waals surface area contributed by atoms with Crippen LogP contribution in [-0.4, -0.2) is 68.9 Å². The Bertz CT molecular complexity index is 1520. The smallest absolute Gasteiger partial charge is 0.408 e. The molecule has 45 heavy (non-hydrogen) atoms. The summed E-state index contributed by atoms with van der Waals surface area (Å²) in [5.41, 5.74) is 2.22. The number of carbonyl (C=O) groups is 3. The van der Waals surface area contributed by atoms with E-state index in [2.05, 4.69) is 25.9 Å². The van der Waals surface area contributed by atoms with Gasteiger partial charge in [0.2, 0.25) is 11.8 Å². The highest BCUT2D eigenvalue weighted by Gasteiger charge is 2.31. The maximum Gasteiger partial charge on any atom is 0.408 e. The topological polar surface area (TPSA) is 166 Å². The van der Waals surface area contributed by atoms with Crippen molar-refractivity contribution in [3.8, 4) is 0 Å². The van der Waals surface area contributed by atoms with Crippen LogP contribution in [-0.2, 0) is 33.8 Å². The highest BCUT2D eigenvalue weighted by atomic mass is 16.5. The summed E-state index contributed by atoms with van der Waals surface area (Å²) in [6.07, 6.45) is 1.67. The highest BCUT2D eigenvalue weighted by molar-refractivity contribution is 5.93. The van der Waals surface area contributed by atoms with Crippen molar-refractivity contribution in [2.45, 2.75) is 63.9 Å². The molecule has 4 rings (SSSR count). The molecule has 11 heteroatoms. The molecule has 238 valence electrons. The van der Waals surface area contributed by atoms with Gasteiger partial charge in [0, 0.05) is 24.7 Å². The van der Waals surface area contributed by atoms with Gasteiger partial charge in [-0.25, -0.2) is 9.78 Å². The number of aromatic nitrogens is 2. The van der Waals surface area contributed by atoms with E-state index < -0.39 is 48.7 Å². The predicted molar refractivity (Wildman–Crippen MR) is 170 cm³/mol. The van der Waals surface area contributed by atoms with Crippen LogP contribution in [0.4, 0.5) is 4.79 Å². The van der Waals surface area contributed by atoms with Gasteiger partial charge in [0.15, 0.2) is 0 Å². The van der Waals surface area contributed by atoms with Gasteiger partial charge in [-0.2, -0.15) is 0 Å². The van der Waals surface area contributed by atoms with E-state index in [0.717, 1.165) is 21.9 Å². The van der Waals surface area contributed by atoms with Crippen LogP contribution in [0.15, 0.2) is 85.3 Å². The van der Waals surface area contributed by atoms with E-state index in [0.29, 0.717) is 12.1 Å².